The van der Waals surface area contributed by atoms with Gasteiger partial charge in [-0.25, -0.2) is 0 Å². The van der Waals surface area contributed by atoms with Gasteiger partial charge in [0.25, 0.3) is 0 Å². The summed E-state index contributed by atoms with van der Waals surface area (Å²) >= 11 is 2.00. The zero-order valence-corrected chi connectivity index (χ0v) is 10.9. The van der Waals surface area contributed by atoms with Crippen molar-refractivity contribution in [2.24, 2.45) is 5.73 Å². The van der Waals surface area contributed by atoms with Crippen LogP contribution < -0.4 is 11.1 Å². The Morgan fingerprint density at radius 1 is 1.38 bits per heavy atom. The van der Waals surface area contributed by atoms with Gasteiger partial charge in [-0.05, 0) is 44.2 Å². The summed E-state index contributed by atoms with van der Waals surface area (Å²) in [5.41, 5.74) is 7.21. The van der Waals surface area contributed by atoms with Crippen LogP contribution in [-0.4, -0.2) is 12.6 Å². The van der Waals surface area contributed by atoms with E-state index in [-0.39, 0.29) is 0 Å². The van der Waals surface area contributed by atoms with E-state index in [9.17, 15) is 0 Å². The summed E-state index contributed by atoms with van der Waals surface area (Å²) in [4.78, 5) is 3.11. The van der Waals surface area contributed by atoms with Gasteiger partial charge in [0.2, 0.25) is 0 Å². The van der Waals surface area contributed by atoms with Crippen molar-refractivity contribution in [2.75, 3.05) is 6.54 Å². The van der Waals surface area contributed by atoms with Gasteiger partial charge < -0.3 is 11.1 Å². The maximum absolute atomic E-state index is 5.60. The van der Waals surface area contributed by atoms with Crippen LogP contribution in [0, 0.1) is 0 Å². The molecule has 90 valence electrons. The molecule has 1 aliphatic rings. The second-order valence-electron chi connectivity index (χ2n) is 4.74. The molecule has 1 heterocycles. The van der Waals surface area contributed by atoms with E-state index in [4.69, 9.17) is 5.73 Å². The monoisotopic (exact) mass is 238 g/mol. The summed E-state index contributed by atoms with van der Waals surface area (Å²) < 4.78 is 0. The van der Waals surface area contributed by atoms with Gasteiger partial charge in [-0.2, -0.15) is 0 Å². The van der Waals surface area contributed by atoms with Crippen LogP contribution in [0.1, 0.15) is 41.5 Å². The van der Waals surface area contributed by atoms with Gasteiger partial charge >= 0.3 is 0 Å². The highest BCUT2D eigenvalue weighted by Gasteiger charge is 2.12. The van der Waals surface area contributed by atoms with Crippen LogP contribution in [0.25, 0.3) is 0 Å². The van der Waals surface area contributed by atoms with E-state index in [1.165, 1.54) is 37.0 Å². The van der Waals surface area contributed by atoms with Crippen molar-refractivity contribution in [1.29, 1.82) is 0 Å². The molecule has 0 aromatic carbocycles. The van der Waals surface area contributed by atoms with Crippen LogP contribution in [0.4, 0.5) is 0 Å². The molecule has 0 saturated heterocycles. The molecule has 1 aromatic rings. The van der Waals surface area contributed by atoms with Crippen LogP contribution in [0.15, 0.2) is 6.07 Å². The van der Waals surface area contributed by atoms with Crippen LogP contribution in [0.3, 0.4) is 0 Å². The molecule has 0 amide bonds. The predicted molar refractivity (Wildman–Crippen MR) is 70.9 cm³/mol. The summed E-state index contributed by atoms with van der Waals surface area (Å²) in [7, 11) is 0. The Bertz CT molecular complexity index is 309. The van der Waals surface area contributed by atoms with Crippen LogP contribution in [0.5, 0.6) is 0 Å². The van der Waals surface area contributed by atoms with Crippen LogP contribution >= 0.6 is 11.3 Å². The third-order valence-electron chi connectivity index (χ3n) is 3.28. The molecule has 0 saturated carbocycles. The molecule has 1 atom stereocenters. The minimum Gasteiger partial charge on any atom is -0.329 e. The number of fused-ring (bicyclic) bond motifs is 1. The quantitative estimate of drug-likeness (QED) is 0.791. The molecule has 0 fully saturated rings. The summed E-state index contributed by atoms with van der Waals surface area (Å²) in [6.07, 6.45) is 6.74. The van der Waals surface area contributed by atoms with Crippen molar-refractivity contribution in [3.05, 3.63) is 21.4 Å². The van der Waals surface area contributed by atoms with Crippen molar-refractivity contribution in [3.63, 3.8) is 0 Å². The Hall–Kier alpha value is -0.380. The van der Waals surface area contributed by atoms with E-state index >= 15 is 0 Å². The van der Waals surface area contributed by atoms with E-state index in [1.54, 1.807) is 10.4 Å². The fourth-order valence-electron chi connectivity index (χ4n) is 2.17. The molecule has 0 radical (unpaired) electrons. The first-order chi connectivity index (χ1) is 7.79. The Morgan fingerprint density at radius 2 is 2.19 bits per heavy atom. The van der Waals surface area contributed by atoms with Gasteiger partial charge in [0, 0.05) is 28.9 Å². The Labute approximate surface area is 102 Å². The van der Waals surface area contributed by atoms with E-state index in [0.717, 1.165) is 6.54 Å². The third kappa shape index (κ3) is 3.06. The number of hydrogen-bond acceptors (Lipinski definition) is 3. The largest absolute Gasteiger partial charge is 0.329 e. The number of thiophene rings is 1. The average molecular weight is 238 g/mol. The van der Waals surface area contributed by atoms with Gasteiger partial charge in [-0.15, -0.1) is 11.3 Å². The Kier molecular flexibility index (Phi) is 4.38. The first-order valence-corrected chi connectivity index (χ1v) is 7.15. The Morgan fingerprint density at radius 3 is 3.00 bits per heavy atom. The maximum atomic E-state index is 5.60. The van der Waals surface area contributed by atoms with Crippen LogP contribution in [-0.2, 0) is 19.4 Å². The number of nitrogens with one attached hydrogen (secondary N) is 1. The highest BCUT2D eigenvalue weighted by molar-refractivity contribution is 7.12. The zero-order chi connectivity index (χ0) is 11.4. The second kappa shape index (κ2) is 5.80. The van der Waals surface area contributed by atoms with Crippen molar-refractivity contribution >= 4 is 11.3 Å². The average Bonchev–Trinajstić information content (AvgIpc) is 2.56. The summed E-state index contributed by atoms with van der Waals surface area (Å²) in [6, 6.07) is 2.82. The minimum atomic E-state index is 0.418. The lowest BCUT2D eigenvalue weighted by molar-refractivity contribution is 0.560. The smallest absolute Gasteiger partial charge is 0.0302 e. The van der Waals surface area contributed by atoms with Crippen molar-refractivity contribution in [3.8, 4) is 0 Å². The molecule has 0 bridgehead atoms. The molecule has 1 aliphatic carbocycles. The van der Waals surface area contributed by atoms with Gasteiger partial charge in [-0.1, -0.05) is 6.42 Å². The molecule has 2 rings (SSSR count). The molecule has 0 spiro atoms. The zero-order valence-electron chi connectivity index (χ0n) is 10.1. The number of hydrogen-bond donors (Lipinski definition) is 2. The molecule has 0 aliphatic heterocycles. The fraction of sp³-hybridized carbons (Fsp3) is 0.692. The predicted octanol–water partition coefficient (Wildman–Crippen LogP) is 2.45. The molecule has 3 N–H and O–H groups in total. The van der Waals surface area contributed by atoms with E-state index in [2.05, 4.69) is 18.3 Å². The maximum Gasteiger partial charge on any atom is 0.0302 e. The molecule has 2 nitrogen and oxygen atoms in total. The number of aryl methyl sites for hydroxylation is 2. The van der Waals surface area contributed by atoms with Gasteiger partial charge in [-0.3, -0.25) is 0 Å². The first kappa shape index (κ1) is 12.1. The van der Waals surface area contributed by atoms with Crippen LogP contribution in [0.2, 0.25) is 0 Å². The lowest BCUT2D eigenvalue weighted by Gasteiger charge is -2.09. The topological polar surface area (TPSA) is 38.0 Å². The Balaban J connectivity index is 1.96. The molecule has 16 heavy (non-hydrogen) atoms. The first-order valence-electron chi connectivity index (χ1n) is 6.33. The standard InChI is InChI=1S/C13H22N2S/c1-10(8-14)15-9-12-7-11-5-3-2-4-6-13(11)16-12/h7,10,15H,2-6,8-9,14H2,1H3. The lowest BCUT2D eigenvalue weighted by atomic mass is 10.1. The van der Waals surface area contributed by atoms with Gasteiger partial charge in [0.15, 0.2) is 0 Å². The molecule has 1 aromatic heterocycles. The van der Waals surface area contributed by atoms with Crippen molar-refractivity contribution in [1.82, 2.24) is 5.32 Å². The van der Waals surface area contributed by atoms with E-state index in [0.29, 0.717) is 12.6 Å². The van der Waals surface area contributed by atoms with Gasteiger partial charge in [0.1, 0.15) is 0 Å². The highest BCUT2D eigenvalue weighted by Crippen LogP contribution is 2.28. The third-order valence-corrected chi connectivity index (χ3v) is 4.51. The summed E-state index contributed by atoms with van der Waals surface area (Å²) in [5, 5.41) is 3.46. The minimum absolute atomic E-state index is 0.418. The van der Waals surface area contributed by atoms with Crippen molar-refractivity contribution in [2.45, 2.75) is 51.6 Å². The number of rotatable bonds is 4. The van der Waals surface area contributed by atoms with E-state index in [1.807, 2.05) is 11.3 Å². The summed E-state index contributed by atoms with van der Waals surface area (Å²) in [6.45, 7) is 3.83. The fourth-order valence-corrected chi connectivity index (χ4v) is 3.39. The number of nitrogens with two attached hydrogens (primary N) is 1. The highest BCUT2D eigenvalue weighted by atomic mass is 32.1. The molecular weight excluding hydrogens is 216 g/mol. The molecule has 3 heteroatoms. The SMILES string of the molecule is CC(CN)NCc1cc2c(s1)CCCCC2. The lowest BCUT2D eigenvalue weighted by Crippen LogP contribution is -2.32. The van der Waals surface area contributed by atoms with Crippen molar-refractivity contribution < 1.29 is 0 Å². The van der Waals surface area contributed by atoms with E-state index < -0.39 is 0 Å². The van der Waals surface area contributed by atoms with Gasteiger partial charge in [0.05, 0.1) is 0 Å². The summed E-state index contributed by atoms with van der Waals surface area (Å²) in [5.74, 6) is 0. The molecular formula is C13H22N2S. The normalized spacial score (nSPS) is 17.9. The molecule has 1 unspecified atom stereocenters. The second-order valence-corrected chi connectivity index (χ2v) is 5.96.